The van der Waals surface area contributed by atoms with Crippen LogP contribution >= 0.6 is 0 Å². The number of benzene rings is 1. The standard InChI is InChI=1S/C14H10N2O/c1-2-6-13-12(5-1)16-14(17-13)8-7-11-4-3-9-15-10-11/h1-10H. The van der Waals surface area contributed by atoms with Crippen molar-refractivity contribution >= 4 is 23.3 Å². The number of hydrogen-bond acceptors (Lipinski definition) is 3. The molecule has 0 bridgehead atoms. The molecule has 0 aliphatic heterocycles. The summed E-state index contributed by atoms with van der Waals surface area (Å²) in [6.07, 6.45) is 7.31. The second kappa shape index (κ2) is 4.22. The van der Waals surface area contributed by atoms with Crippen LogP contribution in [-0.4, -0.2) is 9.97 Å². The Labute approximate surface area is 98.4 Å². The molecule has 0 spiro atoms. The molecule has 2 heterocycles. The Morgan fingerprint density at radius 3 is 2.76 bits per heavy atom. The summed E-state index contributed by atoms with van der Waals surface area (Å²) in [5.74, 6) is 0.607. The molecule has 3 rings (SSSR count). The van der Waals surface area contributed by atoms with E-state index in [1.54, 1.807) is 12.4 Å². The van der Waals surface area contributed by atoms with E-state index in [-0.39, 0.29) is 0 Å². The Balaban J connectivity index is 1.92. The predicted molar refractivity (Wildman–Crippen MR) is 67.2 cm³/mol. The fourth-order valence-corrected chi connectivity index (χ4v) is 1.60. The van der Waals surface area contributed by atoms with Gasteiger partial charge in [0.25, 0.3) is 0 Å². The molecular weight excluding hydrogens is 212 g/mol. The minimum atomic E-state index is 0.607. The highest BCUT2D eigenvalue weighted by Crippen LogP contribution is 2.16. The molecule has 3 nitrogen and oxygen atoms in total. The molecule has 0 N–H and O–H groups in total. The van der Waals surface area contributed by atoms with Gasteiger partial charge in [-0.25, -0.2) is 4.98 Å². The van der Waals surface area contributed by atoms with Crippen LogP contribution < -0.4 is 0 Å². The summed E-state index contributed by atoms with van der Waals surface area (Å²) in [6.45, 7) is 0. The molecule has 0 aliphatic rings. The molecule has 3 aromatic rings. The third-order valence-electron chi connectivity index (χ3n) is 2.41. The second-order valence-electron chi connectivity index (χ2n) is 3.64. The number of hydrogen-bond donors (Lipinski definition) is 0. The van der Waals surface area contributed by atoms with Gasteiger partial charge in [0.1, 0.15) is 5.52 Å². The summed E-state index contributed by atoms with van der Waals surface area (Å²) >= 11 is 0. The lowest BCUT2D eigenvalue weighted by Gasteiger charge is -1.88. The fraction of sp³-hybridized carbons (Fsp3) is 0. The van der Waals surface area contributed by atoms with Crippen LogP contribution in [0.5, 0.6) is 0 Å². The van der Waals surface area contributed by atoms with E-state index >= 15 is 0 Å². The summed E-state index contributed by atoms with van der Waals surface area (Å²) in [7, 11) is 0. The van der Waals surface area contributed by atoms with Crippen molar-refractivity contribution in [3.8, 4) is 0 Å². The number of aromatic nitrogens is 2. The summed E-state index contributed by atoms with van der Waals surface area (Å²) in [5.41, 5.74) is 2.70. The lowest BCUT2D eigenvalue weighted by molar-refractivity contribution is 0.590. The van der Waals surface area contributed by atoms with Crippen LogP contribution in [0, 0.1) is 0 Å². The molecule has 0 saturated carbocycles. The first-order chi connectivity index (χ1) is 8.42. The molecule has 0 amide bonds. The topological polar surface area (TPSA) is 38.9 Å². The number of nitrogens with zero attached hydrogens (tertiary/aromatic N) is 2. The zero-order chi connectivity index (χ0) is 11.5. The molecule has 82 valence electrons. The number of fused-ring (bicyclic) bond motifs is 1. The van der Waals surface area contributed by atoms with E-state index in [0.717, 1.165) is 16.7 Å². The molecule has 0 unspecified atom stereocenters. The summed E-state index contributed by atoms with van der Waals surface area (Å²) in [5, 5.41) is 0. The molecule has 2 aromatic heterocycles. The molecule has 0 radical (unpaired) electrons. The first kappa shape index (κ1) is 9.78. The Morgan fingerprint density at radius 2 is 1.94 bits per heavy atom. The molecule has 0 saturated heterocycles. The third kappa shape index (κ3) is 2.08. The maximum Gasteiger partial charge on any atom is 0.220 e. The maximum absolute atomic E-state index is 5.57. The smallest absolute Gasteiger partial charge is 0.220 e. The molecule has 0 fully saturated rings. The molecule has 0 atom stereocenters. The highest BCUT2D eigenvalue weighted by atomic mass is 16.3. The highest BCUT2D eigenvalue weighted by Gasteiger charge is 2.00. The van der Waals surface area contributed by atoms with E-state index < -0.39 is 0 Å². The molecular formula is C14H10N2O. The number of pyridine rings is 1. The Hall–Kier alpha value is -2.42. The van der Waals surface area contributed by atoms with Crippen LogP contribution in [0.25, 0.3) is 23.3 Å². The van der Waals surface area contributed by atoms with E-state index in [1.165, 1.54) is 0 Å². The van der Waals surface area contributed by atoms with Crippen LogP contribution in [-0.2, 0) is 0 Å². The van der Waals surface area contributed by atoms with E-state index in [0.29, 0.717) is 5.89 Å². The zero-order valence-electron chi connectivity index (χ0n) is 9.08. The van der Waals surface area contributed by atoms with Gasteiger partial charge >= 0.3 is 0 Å². The van der Waals surface area contributed by atoms with Gasteiger partial charge in [0.2, 0.25) is 5.89 Å². The lowest BCUT2D eigenvalue weighted by Crippen LogP contribution is -1.74. The Morgan fingerprint density at radius 1 is 1.00 bits per heavy atom. The van der Waals surface area contributed by atoms with Crippen molar-refractivity contribution in [3.63, 3.8) is 0 Å². The highest BCUT2D eigenvalue weighted by molar-refractivity contribution is 5.75. The van der Waals surface area contributed by atoms with Crippen molar-refractivity contribution in [3.05, 3.63) is 60.2 Å². The number of rotatable bonds is 2. The van der Waals surface area contributed by atoms with E-state index in [9.17, 15) is 0 Å². The van der Waals surface area contributed by atoms with E-state index in [4.69, 9.17) is 4.42 Å². The third-order valence-corrected chi connectivity index (χ3v) is 2.41. The van der Waals surface area contributed by atoms with Crippen LogP contribution in [0.4, 0.5) is 0 Å². The Bertz CT molecular complexity index is 623. The molecule has 0 aliphatic carbocycles. The number of para-hydroxylation sites is 2. The fourth-order valence-electron chi connectivity index (χ4n) is 1.60. The summed E-state index contributed by atoms with van der Waals surface area (Å²) in [6, 6.07) is 11.6. The van der Waals surface area contributed by atoms with Gasteiger partial charge in [0.15, 0.2) is 5.58 Å². The van der Waals surface area contributed by atoms with Gasteiger partial charge in [0.05, 0.1) is 0 Å². The SMILES string of the molecule is C(=Cc1nc2ccccc2o1)c1cccnc1. The normalized spacial score (nSPS) is 11.3. The van der Waals surface area contributed by atoms with Crippen LogP contribution in [0.1, 0.15) is 11.5 Å². The van der Waals surface area contributed by atoms with Crippen molar-refractivity contribution in [2.45, 2.75) is 0 Å². The Kier molecular flexibility index (Phi) is 2.43. The van der Waals surface area contributed by atoms with Crippen molar-refractivity contribution in [2.75, 3.05) is 0 Å². The number of oxazole rings is 1. The minimum absolute atomic E-state index is 0.607. The first-order valence-electron chi connectivity index (χ1n) is 5.35. The maximum atomic E-state index is 5.57. The average Bonchev–Trinajstić information content (AvgIpc) is 2.80. The van der Waals surface area contributed by atoms with E-state index in [1.807, 2.05) is 48.6 Å². The summed E-state index contributed by atoms with van der Waals surface area (Å²) < 4.78 is 5.57. The van der Waals surface area contributed by atoms with Gasteiger partial charge in [-0.1, -0.05) is 18.2 Å². The minimum Gasteiger partial charge on any atom is -0.437 e. The van der Waals surface area contributed by atoms with Gasteiger partial charge in [0, 0.05) is 18.5 Å². The van der Waals surface area contributed by atoms with Gasteiger partial charge < -0.3 is 4.42 Å². The zero-order valence-corrected chi connectivity index (χ0v) is 9.08. The first-order valence-corrected chi connectivity index (χ1v) is 5.35. The second-order valence-corrected chi connectivity index (χ2v) is 3.64. The average molecular weight is 222 g/mol. The van der Waals surface area contributed by atoms with Crippen molar-refractivity contribution in [1.82, 2.24) is 9.97 Å². The van der Waals surface area contributed by atoms with Crippen molar-refractivity contribution in [2.24, 2.45) is 0 Å². The van der Waals surface area contributed by atoms with Crippen LogP contribution in [0.2, 0.25) is 0 Å². The van der Waals surface area contributed by atoms with Gasteiger partial charge in [-0.15, -0.1) is 0 Å². The molecule has 17 heavy (non-hydrogen) atoms. The quantitative estimate of drug-likeness (QED) is 0.667. The van der Waals surface area contributed by atoms with Crippen molar-refractivity contribution in [1.29, 1.82) is 0 Å². The van der Waals surface area contributed by atoms with Gasteiger partial charge in [-0.3, -0.25) is 4.98 Å². The molecule has 1 aromatic carbocycles. The predicted octanol–water partition coefficient (Wildman–Crippen LogP) is 3.39. The van der Waals surface area contributed by atoms with Crippen molar-refractivity contribution < 1.29 is 4.42 Å². The van der Waals surface area contributed by atoms with Crippen LogP contribution in [0.15, 0.2) is 53.2 Å². The van der Waals surface area contributed by atoms with Gasteiger partial charge in [-0.2, -0.15) is 0 Å². The lowest BCUT2D eigenvalue weighted by atomic mass is 10.2. The van der Waals surface area contributed by atoms with E-state index in [2.05, 4.69) is 9.97 Å². The van der Waals surface area contributed by atoms with Crippen LogP contribution in [0.3, 0.4) is 0 Å². The monoisotopic (exact) mass is 222 g/mol. The van der Waals surface area contributed by atoms with Gasteiger partial charge in [-0.05, 0) is 29.8 Å². The molecule has 3 heteroatoms. The summed E-state index contributed by atoms with van der Waals surface area (Å²) in [4.78, 5) is 8.39. The largest absolute Gasteiger partial charge is 0.437 e.